The second-order valence-corrected chi connectivity index (χ2v) is 7.38. The lowest BCUT2D eigenvalue weighted by Crippen LogP contribution is -2.47. The third-order valence-corrected chi connectivity index (χ3v) is 5.44. The molecule has 0 aromatic heterocycles. The topological polar surface area (TPSA) is 23.6 Å². The molecule has 116 valence electrons. The van der Waals surface area contributed by atoms with Crippen molar-refractivity contribution >= 4 is 5.91 Å². The van der Waals surface area contributed by atoms with Crippen LogP contribution in [0.3, 0.4) is 0 Å². The minimum absolute atomic E-state index is 0.256. The first-order valence-electron chi connectivity index (χ1n) is 8.49. The average Bonchev–Trinajstić information content (AvgIpc) is 2.41. The van der Waals surface area contributed by atoms with E-state index in [2.05, 4.69) is 18.7 Å². The van der Waals surface area contributed by atoms with Crippen molar-refractivity contribution in [2.24, 2.45) is 11.3 Å². The van der Waals surface area contributed by atoms with Gasteiger partial charge in [-0.2, -0.15) is 0 Å². The van der Waals surface area contributed by atoms with Gasteiger partial charge in [-0.05, 0) is 69.5 Å². The van der Waals surface area contributed by atoms with E-state index in [0.717, 1.165) is 19.0 Å². The first kappa shape index (κ1) is 15.8. The predicted octanol–water partition coefficient (Wildman–Crippen LogP) is 3.15. The lowest BCUT2D eigenvalue weighted by atomic mass is 9.71. The molecule has 0 aliphatic carbocycles. The molecule has 3 heteroatoms. The summed E-state index contributed by atoms with van der Waals surface area (Å²) in [5.41, 5.74) is 0.556. The van der Waals surface area contributed by atoms with E-state index in [9.17, 15) is 4.79 Å². The van der Waals surface area contributed by atoms with Gasteiger partial charge in [0.15, 0.2) is 0 Å². The molecule has 0 N–H and O–H groups in total. The van der Waals surface area contributed by atoms with Crippen molar-refractivity contribution in [2.75, 3.05) is 32.7 Å². The number of hydrogen-bond acceptors (Lipinski definition) is 2. The number of hydrogen-bond donors (Lipinski definition) is 0. The number of likely N-dealkylation sites (tertiary alicyclic amines) is 2. The lowest BCUT2D eigenvalue weighted by molar-refractivity contribution is -0.131. The quantitative estimate of drug-likeness (QED) is 0.790. The second kappa shape index (κ2) is 6.93. The van der Waals surface area contributed by atoms with E-state index in [4.69, 9.17) is 0 Å². The van der Waals surface area contributed by atoms with E-state index in [-0.39, 0.29) is 5.91 Å². The van der Waals surface area contributed by atoms with Crippen molar-refractivity contribution in [3.8, 4) is 0 Å². The second-order valence-electron chi connectivity index (χ2n) is 7.38. The highest BCUT2D eigenvalue weighted by molar-refractivity contribution is 5.73. The highest BCUT2D eigenvalue weighted by Gasteiger charge is 2.37. The van der Waals surface area contributed by atoms with E-state index in [1.54, 1.807) is 6.92 Å². The molecule has 2 aliphatic heterocycles. The Morgan fingerprint density at radius 3 is 2.10 bits per heavy atom. The number of carbonyl (C=O) groups is 1. The molecule has 1 spiro atoms. The maximum Gasteiger partial charge on any atom is 0.219 e. The van der Waals surface area contributed by atoms with E-state index in [0.29, 0.717) is 5.41 Å². The van der Waals surface area contributed by atoms with Gasteiger partial charge in [-0.3, -0.25) is 4.79 Å². The number of carbonyl (C=O) groups excluding carboxylic acids is 1. The van der Waals surface area contributed by atoms with Crippen molar-refractivity contribution < 1.29 is 4.79 Å². The van der Waals surface area contributed by atoms with Gasteiger partial charge in [-0.15, -0.1) is 0 Å². The van der Waals surface area contributed by atoms with E-state index < -0.39 is 0 Å². The maximum atomic E-state index is 11.4. The molecule has 0 unspecified atom stereocenters. The zero-order chi connectivity index (χ0) is 14.6. The Morgan fingerprint density at radius 2 is 1.60 bits per heavy atom. The number of amides is 1. The monoisotopic (exact) mass is 280 g/mol. The summed E-state index contributed by atoms with van der Waals surface area (Å²) in [5, 5.41) is 0. The van der Waals surface area contributed by atoms with Crippen LogP contribution in [-0.4, -0.2) is 48.4 Å². The fourth-order valence-corrected chi connectivity index (χ4v) is 3.77. The fourth-order valence-electron chi connectivity index (χ4n) is 3.77. The van der Waals surface area contributed by atoms with Crippen LogP contribution in [0, 0.1) is 11.3 Å². The van der Waals surface area contributed by atoms with E-state index in [1.807, 2.05) is 4.90 Å². The largest absolute Gasteiger partial charge is 0.343 e. The number of nitrogens with zero attached hydrogens (tertiary/aromatic N) is 2. The summed E-state index contributed by atoms with van der Waals surface area (Å²) in [5.74, 6) is 1.09. The Labute approximate surface area is 124 Å². The molecule has 3 nitrogen and oxygen atoms in total. The van der Waals surface area contributed by atoms with Crippen LogP contribution in [0.4, 0.5) is 0 Å². The summed E-state index contributed by atoms with van der Waals surface area (Å²) >= 11 is 0. The molecule has 0 atom stereocenters. The van der Waals surface area contributed by atoms with Gasteiger partial charge in [0.25, 0.3) is 0 Å². The van der Waals surface area contributed by atoms with E-state index in [1.165, 1.54) is 58.2 Å². The first-order chi connectivity index (χ1) is 9.51. The van der Waals surface area contributed by atoms with Crippen molar-refractivity contribution in [3.63, 3.8) is 0 Å². The molecule has 0 bridgehead atoms. The van der Waals surface area contributed by atoms with Crippen molar-refractivity contribution in [1.29, 1.82) is 0 Å². The zero-order valence-corrected chi connectivity index (χ0v) is 13.7. The number of piperidine rings is 2. The fraction of sp³-hybridized carbons (Fsp3) is 0.941. The maximum absolute atomic E-state index is 11.4. The summed E-state index contributed by atoms with van der Waals surface area (Å²) in [6, 6.07) is 0. The molecular formula is C17H32N2O. The zero-order valence-electron chi connectivity index (χ0n) is 13.7. The minimum Gasteiger partial charge on any atom is -0.343 e. The Kier molecular flexibility index (Phi) is 5.48. The standard InChI is InChI=1S/C17H32N2O/c1-15(2)5-4-10-18-11-6-17(7-12-18)8-13-19(14-9-17)16(3)20/h15H,4-14H2,1-3H3. The van der Waals surface area contributed by atoms with Gasteiger partial charge < -0.3 is 9.80 Å². The first-order valence-corrected chi connectivity index (χ1v) is 8.49. The molecule has 0 radical (unpaired) electrons. The van der Waals surface area contributed by atoms with Gasteiger partial charge in [0.1, 0.15) is 0 Å². The summed E-state index contributed by atoms with van der Waals surface area (Å²) in [7, 11) is 0. The van der Waals surface area contributed by atoms with Crippen LogP contribution in [0.5, 0.6) is 0 Å². The third kappa shape index (κ3) is 4.21. The van der Waals surface area contributed by atoms with E-state index >= 15 is 0 Å². The van der Waals surface area contributed by atoms with Crippen LogP contribution in [0.25, 0.3) is 0 Å². The Morgan fingerprint density at radius 1 is 1.05 bits per heavy atom. The normalized spacial score (nSPS) is 23.5. The van der Waals surface area contributed by atoms with Crippen LogP contribution in [0.1, 0.15) is 59.3 Å². The molecule has 0 aromatic rings. The van der Waals surface area contributed by atoms with Gasteiger partial charge in [0, 0.05) is 20.0 Å². The van der Waals surface area contributed by atoms with Gasteiger partial charge >= 0.3 is 0 Å². The smallest absolute Gasteiger partial charge is 0.219 e. The molecule has 2 heterocycles. The molecule has 2 fully saturated rings. The minimum atomic E-state index is 0.256. The summed E-state index contributed by atoms with van der Waals surface area (Å²) in [6.45, 7) is 12.1. The van der Waals surface area contributed by atoms with Crippen molar-refractivity contribution in [2.45, 2.75) is 59.3 Å². The number of rotatable bonds is 4. The summed E-state index contributed by atoms with van der Waals surface area (Å²) in [6.07, 6.45) is 7.86. The van der Waals surface area contributed by atoms with Crippen LogP contribution in [-0.2, 0) is 4.79 Å². The SMILES string of the molecule is CC(=O)N1CCC2(CCN(CCCC(C)C)CC2)CC1. The average molecular weight is 280 g/mol. The van der Waals surface area contributed by atoms with Crippen LogP contribution < -0.4 is 0 Å². The molecular weight excluding hydrogens is 248 g/mol. The van der Waals surface area contributed by atoms with Crippen molar-refractivity contribution in [3.05, 3.63) is 0 Å². The Bertz CT molecular complexity index is 309. The Hall–Kier alpha value is -0.570. The van der Waals surface area contributed by atoms with Gasteiger partial charge in [0.2, 0.25) is 5.91 Å². The summed E-state index contributed by atoms with van der Waals surface area (Å²) in [4.78, 5) is 16.1. The molecule has 1 amide bonds. The molecule has 2 saturated heterocycles. The van der Waals surface area contributed by atoms with Gasteiger partial charge in [-0.25, -0.2) is 0 Å². The molecule has 20 heavy (non-hydrogen) atoms. The van der Waals surface area contributed by atoms with Crippen LogP contribution in [0.15, 0.2) is 0 Å². The lowest BCUT2D eigenvalue weighted by Gasteiger charge is -2.46. The molecule has 0 saturated carbocycles. The predicted molar refractivity (Wildman–Crippen MR) is 83.7 cm³/mol. The third-order valence-electron chi connectivity index (χ3n) is 5.44. The summed E-state index contributed by atoms with van der Waals surface area (Å²) < 4.78 is 0. The highest BCUT2D eigenvalue weighted by Crippen LogP contribution is 2.41. The van der Waals surface area contributed by atoms with Crippen LogP contribution in [0.2, 0.25) is 0 Å². The Balaban J connectivity index is 1.70. The van der Waals surface area contributed by atoms with Gasteiger partial charge in [-0.1, -0.05) is 13.8 Å². The van der Waals surface area contributed by atoms with Crippen molar-refractivity contribution in [1.82, 2.24) is 9.80 Å². The van der Waals surface area contributed by atoms with Gasteiger partial charge in [0.05, 0.1) is 0 Å². The molecule has 0 aromatic carbocycles. The van der Waals surface area contributed by atoms with Crippen LogP contribution >= 0.6 is 0 Å². The molecule has 2 rings (SSSR count). The highest BCUT2D eigenvalue weighted by atomic mass is 16.2. The molecule has 2 aliphatic rings.